The number of ether oxygens (including phenoxy) is 1. The third kappa shape index (κ3) is 3.07. The van der Waals surface area contributed by atoms with Crippen LogP contribution in [0.25, 0.3) is 11.1 Å². The molecular formula is C20H19FN2O3. The smallest absolute Gasteiger partial charge is 0.249 e. The fourth-order valence-corrected chi connectivity index (χ4v) is 3.63. The minimum Gasteiger partial charge on any atom is -0.394 e. The van der Waals surface area contributed by atoms with Crippen molar-refractivity contribution in [3.8, 4) is 17.2 Å². The highest BCUT2D eigenvalue weighted by Gasteiger charge is 2.52. The van der Waals surface area contributed by atoms with Crippen LogP contribution in [0.5, 0.6) is 0 Å². The molecule has 0 radical (unpaired) electrons. The molecule has 1 amide bonds. The number of carbonyl (C=O) groups excluding carboxylic acids is 1. The lowest BCUT2D eigenvalue weighted by Gasteiger charge is -2.52. The van der Waals surface area contributed by atoms with Gasteiger partial charge in [0.1, 0.15) is 18.5 Å². The predicted octanol–water partition coefficient (Wildman–Crippen LogP) is 2.32. The van der Waals surface area contributed by atoms with Crippen molar-refractivity contribution in [1.29, 1.82) is 5.26 Å². The van der Waals surface area contributed by atoms with E-state index in [9.17, 15) is 19.6 Å². The van der Waals surface area contributed by atoms with E-state index < -0.39 is 12.1 Å². The van der Waals surface area contributed by atoms with Gasteiger partial charge < -0.3 is 14.7 Å². The highest BCUT2D eigenvalue weighted by Crippen LogP contribution is 2.44. The first kappa shape index (κ1) is 18.1. The second-order valence-corrected chi connectivity index (χ2v) is 6.18. The molecule has 3 atom stereocenters. The average Bonchev–Trinajstić information content (AvgIpc) is 2.62. The summed E-state index contributed by atoms with van der Waals surface area (Å²) in [6.45, 7) is -0.414. The Hall–Kier alpha value is -2.75. The van der Waals surface area contributed by atoms with Crippen LogP contribution in [0.1, 0.15) is 11.5 Å². The number of halogens is 1. The monoisotopic (exact) mass is 354 g/mol. The number of likely N-dealkylation sites (tertiary alicyclic amines) is 1. The maximum Gasteiger partial charge on any atom is 0.249 e. The maximum absolute atomic E-state index is 13.7. The van der Waals surface area contributed by atoms with Crippen molar-refractivity contribution in [2.24, 2.45) is 0 Å². The van der Waals surface area contributed by atoms with E-state index >= 15 is 0 Å². The number of hydrogen-bond acceptors (Lipinski definition) is 4. The van der Waals surface area contributed by atoms with Gasteiger partial charge in [-0.1, -0.05) is 36.4 Å². The molecule has 0 bridgehead atoms. The molecule has 1 fully saturated rings. The molecule has 1 aliphatic heterocycles. The van der Waals surface area contributed by atoms with Crippen molar-refractivity contribution in [2.45, 2.75) is 18.0 Å². The Kier molecular flexibility index (Phi) is 5.31. The van der Waals surface area contributed by atoms with Gasteiger partial charge in [-0.25, -0.2) is 4.39 Å². The molecule has 0 saturated carbocycles. The Balaban J connectivity index is 2.01. The first-order valence-corrected chi connectivity index (χ1v) is 8.27. The van der Waals surface area contributed by atoms with E-state index in [-0.39, 0.29) is 30.9 Å². The number of benzene rings is 2. The van der Waals surface area contributed by atoms with Gasteiger partial charge >= 0.3 is 0 Å². The van der Waals surface area contributed by atoms with E-state index in [0.29, 0.717) is 5.56 Å². The fourth-order valence-electron chi connectivity index (χ4n) is 3.63. The van der Waals surface area contributed by atoms with Gasteiger partial charge in [-0.3, -0.25) is 4.79 Å². The topological polar surface area (TPSA) is 73.6 Å². The third-order valence-electron chi connectivity index (χ3n) is 4.74. The second-order valence-electron chi connectivity index (χ2n) is 6.18. The fraction of sp³-hybridized carbons (Fsp3) is 0.300. The van der Waals surface area contributed by atoms with Crippen molar-refractivity contribution < 1.29 is 19.0 Å². The van der Waals surface area contributed by atoms with E-state index in [1.807, 2.05) is 24.3 Å². The molecule has 5 nitrogen and oxygen atoms in total. The predicted molar refractivity (Wildman–Crippen MR) is 93.6 cm³/mol. The van der Waals surface area contributed by atoms with E-state index in [2.05, 4.69) is 6.07 Å². The standard InChI is InChI=1S/C20H19FN2O3/c1-26-12-19(25)23-17(10-22)20(18(23)11-24)16-8-3-2-7-15(16)13-5-4-6-14(21)9-13/h2-9,17-18,20,24H,11-12H2,1H3/t17-,18-,20+/m0/s1. The summed E-state index contributed by atoms with van der Waals surface area (Å²) in [5.74, 6) is -1.04. The number of nitriles is 1. The molecule has 1 N–H and O–H groups in total. The molecule has 1 heterocycles. The number of nitrogens with zero attached hydrogens (tertiary/aromatic N) is 2. The molecule has 1 aliphatic rings. The van der Waals surface area contributed by atoms with Gasteiger partial charge in [-0.2, -0.15) is 5.26 Å². The summed E-state index contributed by atoms with van der Waals surface area (Å²) in [5, 5.41) is 19.4. The molecule has 6 heteroatoms. The number of aliphatic hydroxyl groups is 1. The molecule has 3 rings (SSSR count). The number of rotatable bonds is 5. The van der Waals surface area contributed by atoms with E-state index in [4.69, 9.17) is 4.74 Å². The van der Waals surface area contributed by atoms with Gasteiger partial charge in [0.2, 0.25) is 5.91 Å². The van der Waals surface area contributed by atoms with Crippen LogP contribution in [0, 0.1) is 17.1 Å². The summed E-state index contributed by atoms with van der Waals surface area (Å²) in [6.07, 6.45) is 0. The van der Waals surface area contributed by atoms with Crippen LogP contribution in [0.3, 0.4) is 0 Å². The zero-order chi connectivity index (χ0) is 18.7. The molecule has 1 saturated heterocycles. The SMILES string of the molecule is COCC(=O)N1[C@@H](C#N)[C@@H](c2ccccc2-c2cccc(F)c2)[C@@H]1CO. The molecule has 2 aromatic rings. The summed E-state index contributed by atoms with van der Waals surface area (Å²) in [6, 6.07) is 14.5. The largest absolute Gasteiger partial charge is 0.394 e. The summed E-state index contributed by atoms with van der Waals surface area (Å²) in [4.78, 5) is 13.6. The van der Waals surface area contributed by atoms with Crippen LogP contribution in [0.2, 0.25) is 0 Å². The van der Waals surface area contributed by atoms with Gasteiger partial charge in [0, 0.05) is 13.0 Å². The normalized spacial score (nSPS) is 21.8. The first-order valence-electron chi connectivity index (χ1n) is 8.27. The quantitative estimate of drug-likeness (QED) is 0.894. The molecule has 134 valence electrons. The lowest BCUT2D eigenvalue weighted by atomic mass is 9.73. The summed E-state index contributed by atoms with van der Waals surface area (Å²) >= 11 is 0. The minimum atomic E-state index is -0.704. The number of hydrogen-bond donors (Lipinski definition) is 1. The minimum absolute atomic E-state index is 0.146. The van der Waals surface area contributed by atoms with Crippen molar-refractivity contribution in [1.82, 2.24) is 4.90 Å². The molecule has 0 aliphatic carbocycles. The average molecular weight is 354 g/mol. The lowest BCUT2D eigenvalue weighted by molar-refractivity contribution is -0.150. The van der Waals surface area contributed by atoms with Crippen LogP contribution in [0.15, 0.2) is 48.5 Å². The number of amides is 1. The number of aliphatic hydroxyl groups excluding tert-OH is 1. The third-order valence-corrected chi connectivity index (χ3v) is 4.74. The Morgan fingerprint density at radius 2 is 2.08 bits per heavy atom. The van der Waals surface area contributed by atoms with E-state index in [0.717, 1.165) is 11.1 Å². The molecule has 0 unspecified atom stereocenters. The maximum atomic E-state index is 13.7. The zero-order valence-electron chi connectivity index (χ0n) is 14.3. The van der Waals surface area contributed by atoms with Gasteiger partial charge in [-0.05, 0) is 28.8 Å². The molecule has 2 aromatic carbocycles. The van der Waals surface area contributed by atoms with Crippen molar-refractivity contribution in [3.05, 3.63) is 59.9 Å². The number of methoxy groups -OCH3 is 1. The van der Waals surface area contributed by atoms with E-state index in [1.54, 1.807) is 12.1 Å². The Bertz CT molecular complexity index is 849. The molecular weight excluding hydrogens is 335 g/mol. The highest BCUT2D eigenvalue weighted by atomic mass is 19.1. The highest BCUT2D eigenvalue weighted by molar-refractivity contribution is 5.81. The van der Waals surface area contributed by atoms with E-state index in [1.165, 1.54) is 24.1 Å². The Morgan fingerprint density at radius 3 is 2.73 bits per heavy atom. The lowest BCUT2D eigenvalue weighted by Crippen LogP contribution is -2.66. The second kappa shape index (κ2) is 7.65. The van der Waals surface area contributed by atoms with Gasteiger partial charge in [-0.15, -0.1) is 0 Å². The van der Waals surface area contributed by atoms with Gasteiger partial charge in [0.15, 0.2) is 0 Å². The van der Waals surface area contributed by atoms with Gasteiger partial charge in [0.25, 0.3) is 0 Å². The number of carbonyl (C=O) groups is 1. The van der Waals surface area contributed by atoms with Crippen LogP contribution in [-0.2, 0) is 9.53 Å². The molecule has 0 spiro atoms. The molecule has 26 heavy (non-hydrogen) atoms. The van der Waals surface area contributed by atoms with Crippen LogP contribution >= 0.6 is 0 Å². The summed E-state index contributed by atoms with van der Waals surface area (Å²) < 4.78 is 18.5. The van der Waals surface area contributed by atoms with Crippen LogP contribution in [0.4, 0.5) is 4.39 Å². The van der Waals surface area contributed by atoms with Gasteiger partial charge in [0.05, 0.1) is 18.7 Å². The van der Waals surface area contributed by atoms with Crippen LogP contribution in [-0.4, -0.2) is 48.3 Å². The van der Waals surface area contributed by atoms with Crippen molar-refractivity contribution in [2.75, 3.05) is 20.3 Å². The first-order chi connectivity index (χ1) is 12.6. The van der Waals surface area contributed by atoms with Crippen molar-refractivity contribution >= 4 is 5.91 Å². The zero-order valence-corrected chi connectivity index (χ0v) is 14.3. The Morgan fingerprint density at radius 1 is 1.31 bits per heavy atom. The summed E-state index contributed by atoms with van der Waals surface area (Å²) in [5.41, 5.74) is 2.29. The summed E-state index contributed by atoms with van der Waals surface area (Å²) in [7, 11) is 1.41. The van der Waals surface area contributed by atoms with Crippen LogP contribution < -0.4 is 0 Å². The Labute approximate surface area is 151 Å². The van der Waals surface area contributed by atoms with Crippen molar-refractivity contribution in [3.63, 3.8) is 0 Å². The molecule has 0 aromatic heterocycles.